The molecule has 19 heavy (non-hydrogen) atoms. The highest BCUT2D eigenvalue weighted by atomic mass is 16.6. The van der Waals surface area contributed by atoms with Crippen LogP contribution in [0.1, 0.15) is 24.2 Å². The van der Waals surface area contributed by atoms with Gasteiger partial charge in [-0.1, -0.05) is 0 Å². The van der Waals surface area contributed by atoms with Crippen LogP contribution in [0.15, 0.2) is 24.3 Å². The monoisotopic (exact) mass is 266 g/mol. The molecule has 0 radical (unpaired) electrons. The number of carboxylic acid groups (broad SMARTS) is 1. The van der Waals surface area contributed by atoms with Crippen LogP contribution in [-0.4, -0.2) is 39.4 Å². The molecule has 0 saturated heterocycles. The van der Waals surface area contributed by atoms with Gasteiger partial charge in [0.05, 0.1) is 4.92 Å². The van der Waals surface area contributed by atoms with Crippen molar-refractivity contribution in [2.75, 3.05) is 6.54 Å². The highest BCUT2D eigenvalue weighted by molar-refractivity contribution is 5.96. The van der Waals surface area contributed by atoms with Crippen molar-refractivity contribution in [2.24, 2.45) is 0 Å². The minimum atomic E-state index is -1.11. The lowest BCUT2D eigenvalue weighted by atomic mass is 10.1. The van der Waals surface area contributed by atoms with Crippen molar-refractivity contribution < 1.29 is 19.6 Å². The maximum atomic E-state index is 12.1. The van der Waals surface area contributed by atoms with Crippen molar-refractivity contribution in [3.63, 3.8) is 0 Å². The van der Waals surface area contributed by atoms with Gasteiger partial charge in [0.2, 0.25) is 0 Å². The molecule has 1 N–H and O–H groups in total. The van der Waals surface area contributed by atoms with E-state index in [0.717, 1.165) is 0 Å². The van der Waals surface area contributed by atoms with Crippen molar-refractivity contribution in [2.45, 2.75) is 19.9 Å². The smallest absolute Gasteiger partial charge is 0.323 e. The summed E-state index contributed by atoms with van der Waals surface area (Å²) in [6.45, 7) is 2.99. The Bertz CT molecular complexity index is 495. The number of amides is 1. The Kier molecular flexibility index (Phi) is 4.57. The molecule has 7 nitrogen and oxygen atoms in total. The van der Waals surface area contributed by atoms with Gasteiger partial charge in [-0.2, -0.15) is 0 Å². The van der Waals surface area contributed by atoms with Crippen molar-refractivity contribution in [1.82, 2.24) is 4.90 Å². The number of rotatable bonds is 5. The first kappa shape index (κ1) is 14.6. The molecular weight excluding hydrogens is 252 g/mol. The fourth-order valence-corrected chi connectivity index (χ4v) is 1.53. The summed E-state index contributed by atoms with van der Waals surface area (Å²) >= 11 is 0. The summed E-state index contributed by atoms with van der Waals surface area (Å²) in [7, 11) is 0. The van der Waals surface area contributed by atoms with Crippen LogP contribution in [0.5, 0.6) is 0 Å². The third-order valence-corrected chi connectivity index (χ3v) is 2.51. The van der Waals surface area contributed by atoms with Gasteiger partial charge in [-0.05, 0) is 26.0 Å². The number of hydrogen-bond donors (Lipinski definition) is 1. The minimum Gasteiger partial charge on any atom is -0.480 e. The van der Waals surface area contributed by atoms with E-state index >= 15 is 0 Å². The van der Waals surface area contributed by atoms with E-state index in [1.807, 2.05) is 0 Å². The lowest BCUT2D eigenvalue weighted by Gasteiger charge is -2.24. The third kappa shape index (κ3) is 3.77. The Labute approximate surface area is 109 Å². The Hall–Kier alpha value is -2.44. The number of carbonyl (C=O) groups is 2. The van der Waals surface area contributed by atoms with Gasteiger partial charge in [0.25, 0.3) is 11.6 Å². The second kappa shape index (κ2) is 5.94. The number of nitrogens with zero attached hydrogens (tertiary/aromatic N) is 2. The molecule has 1 amide bonds. The molecule has 0 spiro atoms. The van der Waals surface area contributed by atoms with Crippen molar-refractivity contribution in [3.8, 4) is 0 Å². The number of aliphatic carboxylic acids is 1. The molecule has 0 saturated carbocycles. The van der Waals surface area contributed by atoms with Gasteiger partial charge in [0, 0.05) is 23.7 Å². The van der Waals surface area contributed by atoms with E-state index in [1.165, 1.54) is 29.2 Å². The summed E-state index contributed by atoms with van der Waals surface area (Å²) < 4.78 is 0. The van der Waals surface area contributed by atoms with Crippen molar-refractivity contribution in [1.29, 1.82) is 0 Å². The quantitative estimate of drug-likeness (QED) is 0.643. The minimum absolute atomic E-state index is 0.120. The number of hydrogen-bond acceptors (Lipinski definition) is 4. The number of carbonyl (C=O) groups excluding carboxylic acids is 1. The largest absolute Gasteiger partial charge is 0.480 e. The highest BCUT2D eigenvalue weighted by Gasteiger charge is 2.21. The summed E-state index contributed by atoms with van der Waals surface area (Å²) in [5, 5.41) is 19.3. The summed E-state index contributed by atoms with van der Waals surface area (Å²) in [5.41, 5.74) is 0.103. The number of nitro groups is 1. The molecule has 1 rings (SSSR count). The van der Waals surface area contributed by atoms with Gasteiger partial charge in [-0.3, -0.25) is 19.7 Å². The number of nitro benzene ring substituents is 1. The van der Waals surface area contributed by atoms with Crippen molar-refractivity contribution >= 4 is 17.6 Å². The van der Waals surface area contributed by atoms with Gasteiger partial charge in [-0.15, -0.1) is 0 Å². The molecule has 0 bridgehead atoms. The topological polar surface area (TPSA) is 101 Å². The molecule has 0 aromatic heterocycles. The molecule has 7 heteroatoms. The van der Waals surface area contributed by atoms with E-state index in [9.17, 15) is 19.7 Å². The van der Waals surface area contributed by atoms with Crippen LogP contribution in [0.25, 0.3) is 0 Å². The molecule has 0 atom stereocenters. The lowest BCUT2D eigenvalue weighted by molar-refractivity contribution is -0.384. The van der Waals surface area contributed by atoms with Crippen LogP contribution < -0.4 is 0 Å². The van der Waals surface area contributed by atoms with E-state index in [0.29, 0.717) is 0 Å². The number of carboxylic acids is 1. The van der Waals surface area contributed by atoms with Crippen LogP contribution in [0.4, 0.5) is 5.69 Å². The second-order valence-corrected chi connectivity index (χ2v) is 4.22. The number of benzene rings is 1. The first-order valence-corrected chi connectivity index (χ1v) is 5.60. The molecule has 0 heterocycles. The maximum Gasteiger partial charge on any atom is 0.323 e. The van der Waals surface area contributed by atoms with Crippen LogP contribution in [-0.2, 0) is 4.79 Å². The zero-order chi connectivity index (χ0) is 14.6. The summed E-state index contributed by atoms with van der Waals surface area (Å²) in [5.74, 6) is -1.57. The van der Waals surface area contributed by atoms with E-state index in [4.69, 9.17) is 5.11 Å². The van der Waals surface area contributed by atoms with Gasteiger partial charge in [0.1, 0.15) is 6.54 Å². The number of non-ortho nitro benzene ring substituents is 1. The van der Waals surface area contributed by atoms with Gasteiger partial charge in [-0.25, -0.2) is 0 Å². The van der Waals surface area contributed by atoms with Crippen molar-refractivity contribution in [3.05, 3.63) is 39.9 Å². The summed E-state index contributed by atoms with van der Waals surface area (Å²) in [6, 6.07) is 4.79. The maximum absolute atomic E-state index is 12.1. The second-order valence-electron chi connectivity index (χ2n) is 4.22. The molecule has 102 valence electrons. The lowest BCUT2D eigenvalue weighted by Crippen LogP contribution is -2.40. The summed E-state index contributed by atoms with van der Waals surface area (Å²) in [6.07, 6.45) is 0. The first-order valence-electron chi connectivity index (χ1n) is 5.60. The first-order chi connectivity index (χ1) is 8.82. The normalized spacial score (nSPS) is 10.3. The Morgan fingerprint density at radius 3 is 2.21 bits per heavy atom. The van der Waals surface area contributed by atoms with Gasteiger partial charge >= 0.3 is 5.97 Å². The van der Waals surface area contributed by atoms with Gasteiger partial charge in [0.15, 0.2) is 0 Å². The SMILES string of the molecule is CC(C)N(CC(=O)O)C(=O)c1ccc([N+](=O)[O-])cc1. The predicted molar refractivity (Wildman–Crippen MR) is 66.9 cm³/mol. The molecule has 0 unspecified atom stereocenters. The molecular formula is C12H14N2O5. The average molecular weight is 266 g/mol. The van der Waals surface area contributed by atoms with Gasteiger partial charge < -0.3 is 10.0 Å². The Morgan fingerprint density at radius 1 is 1.32 bits per heavy atom. The van der Waals surface area contributed by atoms with Crippen LogP contribution in [0.3, 0.4) is 0 Å². The fraction of sp³-hybridized carbons (Fsp3) is 0.333. The highest BCUT2D eigenvalue weighted by Crippen LogP contribution is 2.14. The van der Waals surface area contributed by atoms with E-state index in [1.54, 1.807) is 13.8 Å². The molecule has 1 aromatic carbocycles. The standard InChI is InChI=1S/C12H14N2O5/c1-8(2)13(7-11(15)16)12(17)9-3-5-10(6-4-9)14(18)19/h3-6,8H,7H2,1-2H3,(H,15,16). The van der Waals surface area contributed by atoms with E-state index in [2.05, 4.69) is 0 Å². The van der Waals surface area contributed by atoms with Crippen LogP contribution in [0.2, 0.25) is 0 Å². The molecule has 0 aliphatic carbocycles. The molecule has 0 aliphatic rings. The molecule has 0 aliphatic heterocycles. The molecule has 0 fully saturated rings. The zero-order valence-electron chi connectivity index (χ0n) is 10.6. The van der Waals surface area contributed by atoms with Crippen LogP contribution in [0, 0.1) is 10.1 Å². The average Bonchev–Trinajstić information content (AvgIpc) is 2.34. The predicted octanol–water partition coefficient (Wildman–Crippen LogP) is 1.53. The molecule has 1 aromatic rings. The Balaban J connectivity index is 2.96. The third-order valence-electron chi connectivity index (χ3n) is 2.51. The fourth-order valence-electron chi connectivity index (χ4n) is 1.53. The zero-order valence-corrected chi connectivity index (χ0v) is 10.6. The Morgan fingerprint density at radius 2 is 1.84 bits per heavy atom. The summed E-state index contributed by atoms with van der Waals surface area (Å²) in [4.78, 5) is 33.9. The van der Waals surface area contributed by atoms with E-state index in [-0.39, 0.29) is 17.3 Å². The van der Waals surface area contributed by atoms with E-state index < -0.39 is 23.3 Å². The van der Waals surface area contributed by atoms with Crippen LogP contribution >= 0.6 is 0 Å².